The number of thiol groups is 1. The second-order valence-corrected chi connectivity index (χ2v) is 5.49. The summed E-state index contributed by atoms with van der Waals surface area (Å²) in [4.78, 5) is 0. The van der Waals surface area contributed by atoms with Crippen LogP contribution in [0.1, 0.15) is 44.9 Å². The predicted molar refractivity (Wildman–Crippen MR) is 91.2 cm³/mol. The molecule has 3 nitrogen and oxygen atoms in total. The zero-order valence-electron chi connectivity index (χ0n) is 13.3. The lowest BCUT2D eigenvalue weighted by Crippen LogP contribution is -2.01. The van der Waals surface area contributed by atoms with E-state index in [0.717, 1.165) is 23.7 Å². The Hall–Kier alpha value is -1.03. The first-order valence-corrected chi connectivity index (χ1v) is 8.41. The van der Waals surface area contributed by atoms with E-state index in [9.17, 15) is 0 Å². The van der Waals surface area contributed by atoms with Crippen molar-refractivity contribution >= 4 is 12.6 Å². The molecular formula is C17H28O3S. The lowest BCUT2D eigenvalue weighted by atomic mass is 10.1. The molecule has 120 valence electrons. The summed E-state index contributed by atoms with van der Waals surface area (Å²) >= 11 is 4.22. The van der Waals surface area contributed by atoms with Gasteiger partial charge in [0.1, 0.15) is 0 Å². The molecule has 0 unspecified atom stereocenters. The summed E-state index contributed by atoms with van der Waals surface area (Å²) in [6, 6.07) is 5.67. The highest BCUT2D eigenvalue weighted by atomic mass is 32.1. The van der Waals surface area contributed by atoms with E-state index in [4.69, 9.17) is 14.2 Å². The van der Waals surface area contributed by atoms with E-state index in [1.807, 2.05) is 18.2 Å². The summed E-state index contributed by atoms with van der Waals surface area (Å²) in [7, 11) is 3.29. The van der Waals surface area contributed by atoms with Gasteiger partial charge in [-0.1, -0.05) is 38.2 Å². The average molecular weight is 312 g/mol. The summed E-state index contributed by atoms with van der Waals surface area (Å²) in [5.74, 6) is 3.16. The van der Waals surface area contributed by atoms with E-state index in [2.05, 4.69) is 12.6 Å². The fraction of sp³-hybridized carbons (Fsp3) is 0.647. The van der Waals surface area contributed by atoms with Crippen molar-refractivity contribution in [3.63, 3.8) is 0 Å². The third-order valence-electron chi connectivity index (χ3n) is 3.43. The number of ether oxygens (including phenoxy) is 3. The fourth-order valence-electron chi connectivity index (χ4n) is 2.23. The van der Waals surface area contributed by atoms with Crippen molar-refractivity contribution in [3.8, 4) is 17.2 Å². The van der Waals surface area contributed by atoms with Crippen LogP contribution >= 0.6 is 12.6 Å². The summed E-state index contributed by atoms with van der Waals surface area (Å²) in [6.07, 6.45) is 8.72. The number of hydrogen-bond donors (Lipinski definition) is 1. The lowest BCUT2D eigenvalue weighted by molar-refractivity contribution is 0.267. The van der Waals surface area contributed by atoms with Crippen molar-refractivity contribution in [3.05, 3.63) is 18.2 Å². The maximum absolute atomic E-state index is 5.84. The molecule has 0 fully saturated rings. The monoisotopic (exact) mass is 312 g/mol. The second-order valence-electron chi connectivity index (χ2n) is 5.04. The van der Waals surface area contributed by atoms with Gasteiger partial charge in [0.15, 0.2) is 11.5 Å². The first kappa shape index (κ1) is 18.0. The van der Waals surface area contributed by atoms with E-state index >= 15 is 0 Å². The van der Waals surface area contributed by atoms with Crippen LogP contribution in [0.15, 0.2) is 18.2 Å². The average Bonchev–Trinajstić information content (AvgIpc) is 2.53. The maximum Gasteiger partial charge on any atom is 0.203 e. The van der Waals surface area contributed by atoms with Gasteiger partial charge >= 0.3 is 0 Å². The minimum Gasteiger partial charge on any atom is -0.493 e. The number of unbranched alkanes of at least 4 members (excludes halogenated alkanes) is 6. The first-order valence-electron chi connectivity index (χ1n) is 7.78. The van der Waals surface area contributed by atoms with Gasteiger partial charge in [-0.3, -0.25) is 0 Å². The molecule has 0 amide bonds. The molecule has 1 aromatic carbocycles. The van der Waals surface area contributed by atoms with Crippen LogP contribution < -0.4 is 14.2 Å². The summed E-state index contributed by atoms with van der Waals surface area (Å²) in [6.45, 7) is 0.702. The standard InChI is InChI=1S/C17H28O3S/c1-18-15-11-10-12-16(19-2)17(15)20-13-8-6-4-3-5-7-9-14-21/h10-12,21H,3-9,13-14H2,1-2H3. The Labute approximate surface area is 134 Å². The van der Waals surface area contributed by atoms with Crippen molar-refractivity contribution in [2.24, 2.45) is 0 Å². The van der Waals surface area contributed by atoms with E-state index in [0.29, 0.717) is 12.4 Å². The molecule has 0 aromatic heterocycles. The first-order chi connectivity index (χ1) is 10.3. The second kappa shape index (κ2) is 11.6. The van der Waals surface area contributed by atoms with Gasteiger partial charge in [0, 0.05) is 0 Å². The molecule has 0 heterocycles. The largest absolute Gasteiger partial charge is 0.493 e. The van der Waals surface area contributed by atoms with E-state index in [-0.39, 0.29) is 0 Å². The molecule has 0 aliphatic carbocycles. The molecule has 0 aliphatic heterocycles. The molecule has 0 spiro atoms. The van der Waals surface area contributed by atoms with Gasteiger partial charge in [0.25, 0.3) is 0 Å². The highest BCUT2D eigenvalue weighted by Gasteiger charge is 2.10. The van der Waals surface area contributed by atoms with Gasteiger partial charge in [-0.15, -0.1) is 0 Å². The normalized spacial score (nSPS) is 10.4. The molecule has 0 N–H and O–H groups in total. The number of rotatable bonds is 12. The van der Waals surface area contributed by atoms with Gasteiger partial charge in [-0.05, 0) is 30.7 Å². The quantitative estimate of drug-likeness (QED) is 0.446. The number of hydrogen-bond acceptors (Lipinski definition) is 4. The van der Waals surface area contributed by atoms with Crippen molar-refractivity contribution in [1.82, 2.24) is 0 Å². The SMILES string of the molecule is COc1cccc(OC)c1OCCCCCCCCCS. The minimum atomic E-state index is 0.702. The Bertz CT molecular complexity index is 360. The summed E-state index contributed by atoms with van der Waals surface area (Å²) < 4.78 is 16.5. The maximum atomic E-state index is 5.84. The minimum absolute atomic E-state index is 0.702. The molecule has 0 saturated carbocycles. The topological polar surface area (TPSA) is 27.7 Å². The molecular weight excluding hydrogens is 284 g/mol. The Balaban J connectivity index is 2.20. The summed E-state index contributed by atoms with van der Waals surface area (Å²) in [5, 5.41) is 0. The van der Waals surface area contributed by atoms with Crippen molar-refractivity contribution in [1.29, 1.82) is 0 Å². The van der Waals surface area contributed by atoms with Crippen molar-refractivity contribution < 1.29 is 14.2 Å². The smallest absolute Gasteiger partial charge is 0.203 e. The molecule has 4 heteroatoms. The third kappa shape index (κ3) is 6.98. The molecule has 0 radical (unpaired) electrons. The van der Waals surface area contributed by atoms with Gasteiger partial charge in [0.2, 0.25) is 5.75 Å². The molecule has 21 heavy (non-hydrogen) atoms. The van der Waals surface area contributed by atoms with Crippen LogP contribution in [0.3, 0.4) is 0 Å². The van der Waals surface area contributed by atoms with Crippen LogP contribution in [-0.4, -0.2) is 26.6 Å². The Morgan fingerprint density at radius 3 is 1.86 bits per heavy atom. The highest BCUT2D eigenvalue weighted by Crippen LogP contribution is 2.36. The molecule has 0 saturated heterocycles. The van der Waals surface area contributed by atoms with E-state index < -0.39 is 0 Å². The number of methoxy groups -OCH3 is 2. The van der Waals surface area contributed by atoms with Gasteiger partial charge in [0.05, 0.1) is 20.8 Å². The third-order valence-corrected chi connectivity index (χ3v) is 3.75. The summed E-state index contributed by atoms with van der Waals surface area (Å²) in [5.41, 5.74) is 0. The van der Waals surface area contributed by atoms with Gasteiger partial charge in [-0.25, -0.2) is 0 Å². The molecule has 1 aromatic rings. The van der Waals surface area contributed by atoms with Crippen molar-refractivity contribution in [2.75, 3.05) is 26.6 Å². The lowest BCUT2D eigenvalue weighted by Gasteiger charge is -2.13. The Kier molecular flexibility index (Phi) is 9.96. The zero-order chi connectivity index (χ0) is 15.3. The Morgan fingerprint density at radius 1 is 0.810 bits per heavy atom. The highest BCUT2D eigenvalue weighted by molar-refractivity contribution is 7.80. The Morgan fingerprint density at radius 2 is 1.33 bits per heavy atom. The van der Waals surface area contributed by atoms with Crippen LogP contribution in [0.5, 0.6) is 17.2 Å². The van der Waals surface area contributed by atoms with Gasteiger partial charge in [-0.2, -0.15) is 12.6 Å². The van der Waals surface area contributed by atoms with Crippen LogP contribution in [0.2, 0.25) is 0 Å². The fourth-order valence-corrected chi connectivity index (χ4v) is 2.46. The number of para-hydroxylation sites is 1. The predicted octanol–water partition coefficient (Wildman–Crippen LogP) is 4.74. The molecule has 1 rings (SSSR count). The van der Waals surface area contributed by atoms with E-state index in [1.54, 1.807) is 14.2 Å². The molecule has 0 atom stereocenters. The van der Waals surface area contributed by atoms with Crippen LogP contribution in [0.4, 0.5) is 0 Å². The molecule has 0 aliphatic rings. The molecule has 0 bridgehead atoms. The number of benzene rings is 1. The van der Waals surface area contributed by atoms with Crippen molar-refractivity contribution in [2.45, 2.75) is 44.9 Å². The van der Waals surface area contributed by atoms with Crippen LogP contribution in [0.25, 0.3) is 0 Å². The van der Waals surface area contributed by atoms with Crippen LogP contribution in [0, 0.1) is 0 Å². The van der Waals surface area contributed by atoms with Crippen LogP contribution in [-0.2, 0) is 0 Å². The zero-order valence-corrected chi connectivity index (χ0v) is 14.2. The van der Waals surface area contributed by atoms with E-state index in [1.165, 1.54) is 38.5 Å². The van der Waals surface area contributed by atoms with Gasteiger partial charge < -0.3 is 14.2 Å².